The van der Waals surface area contributed by atoms with E-state index in [1.165, 1.54) is 6.92 Å². The second kappa shape index (κ2) is 8.56. The van der Waals surface area contributed by atoms with Gasteiger partial charge in [-0.05, 0) is 44.9 Å². The Balaban J connectivity index is 2.38. The molecule has 0 saturated carbocycles. The van der Waals surface area contributed by atoms with Crippen LogP contribution in [0, 0.1) is 0 Å². The van der Waals surface area contributed by atoms with Crippen LogP contribution >= 0.6 is 0 Å². The summed E-state index contributed by atoms with van der Waals surface area (Å²) in [5.74, 6) is 0.765. The summed E-state index contributed by atoms with van der Waals surface area (Å²) < 4.78 is 5.18. The lowest BCUT2D eigenvalue weighted by molar-refractivity contribution is -0.134. The maximum Gasteiger partial charge on any atom is 0.221 e. The molecule has 0 spiro atoms. The number of benzene rings is 1. The molecule has 23 heavy (non-hydrogen) atoms. The minimum absolute atomic E-state index is 0.0123. The number of nitrogens with one attached hydrogen (secondary N) is 1. The third-order valence-corrected chi connectivity index (χ3v) is 3.62. The Morgan fingerprint density at radius 1 is 1.26 bits per heavy atom. The largest absolute Gasteiger partial charge is 0.497 e. The zero-order chi connectivity index (χ0) is 17.5. The Labute approximate surface area is 139 Å². The summed E-state index contributed by atoms with van der Waals surface area (Å²) in [6.45, 7) is 8.44. The van der Waals surface area contributed by atoms with Gasteiger partial charge in [-0.15, -0.1) is 0 Å². The van der Waals surface area contributed by atoms with Crippen LogP contribution in [0.2, 0.25) is 0 Å². The van der Waals surface area contributed by atoms with Crippen LogP contribution in [-0.4, -0.2) is 42.5 Å². The van der Waals surface area contributed by atoms with Gasteiger partial charge in [0.2, 0.25) is 11.8 Å². The lowest BCUT2D eigenvalue weighted by atomic mass is 10.1. The molecule has 0 aromatic heterocycles. The molecule has 0 unspecified atom stereocenters. The van der Waals surface area contributed by atoms with Crippen molar-refractivity contribution >= 4 is 11.8 Å². The minimum Gasteiger partial charge on any atom is -0.497 e. The first-order valence-electron chi connectivity index (χ1n) is 7.92. The maximum atomic E-state index is 11.9. The molecule has 1 aromatic carbocycles. The van der Waals surface area contributed by atoms with Crippen molar-refractivity contribution in [2.45, 2.75) is 46.1 Å². The first-order valence-corrected chi connectivity index (χ1v) is 7.92. The molecule has 5 nitrogen and oxygen atoms in total. The van der Waals surface area contributed by atoms with E-state index in [1.54, 1.807) is 12.0 Å². The van der Waals surface area contributed by atoms with E-state index in [4.69, 9.17) is 4.74 Å². The average Bonchev–Trinajstić information content (AvgIpc) is 2.46. The van der Waals surface area contributed by atoms with Crippen molar-refractivity contribution < 1.29 is 14.3 Å². The quantitative estimate of drug-likeness (QED) is 0.839. The summed E-state index contributed by atoms with van der Waals surface area (Å²) >= 11 is 0. The van der Waals surface area contributed by atoms with Gasteiger partial charge in [-0.2, -0.15) is 0 Å². The van der Waals surface area contributed by atoms with Crippen molar-refractivity contribution in [3.63, 3.8) is 0 Å². The summed E-state index contributed by atoms with van der Waals surface area (Å²) in [5.41, 5.74) is 0.844. The second-order valence-electron chi connectivity index (χ2n) is 6.54. The summed E-state index contributed by atoms with van der Waals surface area (Å²) in [6.07, 6.45) is 1.06. The Kier molecular flexibility index (Phi) is 7.07. The van der Waals surface area contributed by atoms with Crippen molar-refractivity contribution in [2.24, 2.45) is 0 Å². The molecule has 0 aliphatic carbocycles. The number of hydrogen-bond acceptors (Lipinski definition) is 3. The van der Waals surface area contributed by atoms with E-state index in [-0.39, 0.29) is 17.4 Å². The highest BCUT2D eigenvalue weighted by molar-refractivity contribution is 5.78. The van der Waals surface area contributed by atoms with Crippen LogP contribution in [0.5, 0.6) is 5.75 Å². The van der Waals surface area contributed by atoms with Crippen LogP contribution in [-0.2, 0) is 16.0 Å². The number of carbonyl (C=O) groups excluding carboxylic acids is 2. The molecule has 2 amide bonds. The molecule has 5 heteroatoms. The summed E-state index contributed by atoms with van der Waals surface area (Å²) in [6, 6.07) is 7.80. The van der Waals surface area contributed by atoms with Gasteiger partial charge in [0.25, 0.3) is 0 Å². The molecule has 1 aromatic rings. The Morgan fingerprint density at radius 2 is 1.96 bits per heavy atom. The van der Waals surface area contributed by atoms with E-state index in [2.05, 4.69) is 5.32 Å². The number of amides is 2. The molecule has 0 atom stereocenters. The van der Waals surface area contributed by atoms with Crippen molar-refractivity contribution in [1.82, 2.24) is 10.2 Å². The lowest BCUT2D eigenvalue weighted by Gasteiger charge is -2.34. The smallest absolute Gasteiger partial charge is 0.221 e. The fourth-order valence-corrected chi connectivity index (χ4v) is 2.44. The van der Waals surface area contributed by atoms with Crippen LogP contribution in [0.1, 0.15) is 39.7 Å². The molecule has 1 N–H and O–H groups in total. The highest BCUT2D eigenvalue weighted by Crippen LogP contribution is 2.14. The third kappa shape index (κ3) is 6.72. The van der Waals surface area contributed by atoms with Gasteiger partial charge < -0.3 is 15.0 Å². The monoisotopic (exact) mass is 320 g/mol. The summed E-state index contributed by atoms with van der Waals surface area (Å²) in [4.78, 5) is 25.3. The molecular weight excluding hydrogens is 292 g/mol. The SMILES string of the molecule is COc1cccc(CCNC(=O)CCN(C(C)=O)C(C)(C)C)c1. The van der Waals surface area contributed by atoms with E-state index < -0.39 is 0 Å². The minimum atomic E-state index is -0.271. The third-order valence-electron chi connectivity index (χ3n) is 3.62. The predicted octanol–water partition coefficient (Wildman–Crippen LogP) is 2.39. The van der Waals surface area contributed by atoms with E-state index >= 15 is 0 Å². The molecule has 0 saturated heterocycles. The number of methoxy groups -OCH3 is 1. The number of nitrogens with zero attached hydrogens (tertiary/aromatic N) is 1. The molecule has 0 aliphatic heterocycles. The zero-order valence-corrected chi connectivity index (χ0v) is 14.8. The van der Waals surface area contributed by atoms with E-state index in [1.807, 2.05) is 45.0 Å². The zero-order valence-electron chi connectivity index (χ0n) is 14.8. The fraction of sp³-hybridized carbons (Fsp3) is 0.556. The van der Waals surface area contributed by atoms with Gasteiger partial charge in [-0.1, -0.05) is 12.1 Å². The highest BCUT2D eigenvalue weighted by atomic mass is 16.5. The summed E-state index contributed by atoms with van der Waals surface area (Å²) in [5, 5.41) is 2.90. The standard InChI is InChI=1S/C18H28N2O3/c1-14(21)20(18(2,3)4)12-10-17(22)19-11-9-15-7-6-8-16(13-15)23-5/h6-8,13H,9-12H2,1-5H3,(H,19,22). The van der Waals surface area contributed by atoms with Gasteiger partial charge in [0.1, 0.15) is 5.75 Å². The number of ether oxygens (including phenoxy) is 1. The molecule has 0 aliphatic rings. The van der Waals surface area contributed by atoms with E-state index in [0.29, 0.717) is 19.5 Å². The van der Waals surface area contributed by atoms with Crippen LogP contribution in [0.15, 0.2) is 24.3 Å². The Hall–Kier alpha value is -2.04. The Bertz CT molecular complexity index is 535. The highest BCUT2D eigenvalue weighted by Gasteiger charge is 2.23. The van der Waals surface area contributed by atoms with E-state index in [9.17, 15) is 9.59 Å². The van der Waals surface area contributed by atoms with Crippen molar-refractivity contribution in [2.75, 3.05) is 20.2 Å². The van der Waals surface area contributed by atoms with Crippen LogP contribution in [0.3, 0.4) is 0 Å². The Morgan fingerprint density at radius 3 is 2.52 bits per heavy atom. The van der Waals surface area contributed by atoms with Gasteiger partial charge in [0.05, 0.1) is 7.11 Å². The van der Waals surface area contributed by atoms with Crippen LogP contribution < -0.4 is 10.1 Å². The maximum absolute atomic E-state index is 11.9. The van der Waals surface area contributed by atoms with Gasteiger partial charge in [0, 0.05) is 32.0 Å². The molecule has 0 radical (unpaired) electrons. The predicted molar refractivity (Wildman–Crippen MR) is 91.5 cm³/mol. The van der Waals surface area contributed by atoms with Crippen LogP contribution in [0.4, 0.5) is 0 Å². The lowest BCUT2D eigenvalue weighted by Crippen LogP contribution is -2.46. The number of carbonyl (C=O) groups is 2. The van der Waals surface area contributed by atoms with Gasteiger partial charge in [-0.3, -0.25) is 9.59 Å². The number of rotatable bonds is 7. The van der Waals surface area contributed by atoms with Crippen molar-refractivity contribution in [3.05, 3.63) is 29.8 Å². The topological polar surface area (TPSA) is 58.6 Å². The van der Waals surface area contributed by atoms with Crippen LogP contribution in [0.25, 0.3) is 0 Å². The average molecular weight is 320 g/mol. The molecule has 0 fully saturated rings. The van der Waals surface area contributed by atoms with Gasteiger partial charge in [0.15, 0.2) is 0 Å². The molecule has 0 bridgehead atoms. The van der Waals surface area contributed by atoms with Crippen molar-refractivity contribution in [1.29, 1.82) is 0 Å². The summed E-state index contributed by atoms with van der Waals surface area (Å²) in [7, 11) is 1.64. The second-order valence-corrected chi connectivity index (χ2v) is 6.54. The van der Waals surface area contributed by atoms with Gasteiger partial charge >= 0.3 is 0 Å². The van der Waals surface area contributed by atoms with Crippen molar-refractivity contribution in [3.8, 4) is 5.75 Å². The normalized spacial score (nSPS) is 11.0. The van der Waals surface area contributed by atoms with Gasteiger partial charge in [-0.25, -0.2) is 0 Å². The first kappa shape index (κ1) is 19.0. The molecule has 1 rings (SSSR count). The first-order chi connectivity index (χ1) is 10.7. The molecular formula is C18H28N2O3. The molecule has 0 heterocycles. The number of hydrogen-bond donors (Lipinski definition) is 1. The fourth-order valence-electron chi connectivity index (χ4n) is 2.44. The molecule has 128 valence electrons. The van der Waals surface area contributed by atoms with E-state index in [0.717, 1.165) is 17.7 Å².